The van der Waals surface area contributed by atoms with Crippen LogP contribution in [0.5, 0.6) is 5.75 Å². The molecule has 3 heterocycles. The van der Waals surface area contributed by atoms with Gasteiger partial charge in [-0.2, -0.15) is 0 Å². The molecule has 2 amide bonds. The number of ether oxygens (including phenoxy) is 1. The molecule has 1 atom stereocenters. The van der Waals surface area contributed by atoms with E-state index in [0.29, 0.717) is 24.7 Å². The third-order valence-corrected chi connectivity index (χ3v) is 7.74. The highest BCUT2D eigenvalue weighted by atomic mass is 35.5. The minimum absolute atomic E-state index is 0.0428. The second-order valence-corrected chi connectivity index (χ2v) is 10.6. The number of hydrogen-bond donors (Lipinski definition) is 1. The van der Waals surface area contributed by atoms with Crippen LogP contribution >= 0.6 is 11.6 Å². The number of amides is 2. The Labute approximate surface area is 222 Å². The minimum atomic E-state index is 0.0428. The number of H-pyrrole nitrogens is 1. The van der Waals surface area contributed by atoms with Gasteiger partial charge in [-0.25, -0.2) is 9.78 Å². The Hall–Kier alpha value is -3.51. The monoisotopic (exact) mass is 514 g/mol. The number of fused-ring (bicyclic) bond motifs is 2. The maximum Gasteiger partial charge on any atom is 0.320 e. The average molecular weight is 515 g/mol. The van der Waals surface area contributed by atoms with E-state index in [9.17, 15) is 4.79 Å². The van der Waals surface area contributed by atoms with Gasteiger partial charge in [-0.3, -0.25) is 0 Å². The normalized spacial score (nSPS) is 17.9. The van der Waals surface area contributed by atoms with E-state index < -0.39 is 0 Å². The molecule has 0 aliphatic carbocycles. The molecule has 1 aromatic heterocycles. The predicted octanol–water partition coefficient (Wildman–Crippen LogP) is 7.04. The number of nitrogens with zero attached hydrogens (tertiary/aromatic N) is 3. The molecule has 7 heteroatoms. The number of hydrogen-bond acceptors (Lipinski definition) is 3. The van der Waals surface area contributed by atoms with Gasteiger partial charge in [0.25, 0.3) is 0 Å². The van der Waals surface area contributed by atoms with E-state index in [2.05, 4.69) is 47.2 Å². The van der Waals surface area contributed by atoms with Crippen LogP contribution in [-0.2, 0) is 6.54 Å². The molecule has 1 fully saturated rings. The molecule has 2 aliphatic heterocycles. The van der Waals surface area contributed by atoms with Gasteiger partial charge in [0, 0.05) is 17.1 Å². The Morgan fingerprint density at radius 2 is 1.95 bits per heavy atom. The number of aromatic nitrogens is 2. The average Bonchev–Trinajstić information content (AvgIpc) is 3.13. The van der Waals surface area contributed by atoms with Crippen LogP contribution in [-0.4, -0.2) is 45.5 Å². The van der Waals surface area contributed by atoms with Crippen molar-refractivity contribution in [2.45, 2.75) is 45.7 Å². The number of rotatable bonds is 2. The summed E-state index contributed by atoms with van der Waals surface area (Å²) >= 11 is 6.30. The Balaban J connectivity index is 1.30. The van der Waals surface area contributed by atoms with E-state index >= 15 is 0 Å². The van der Waals surface area contributed by atoms with Crippen LogP contribution in [0.25, 0.3) is 22.2 Å². The van der Waals surface area contributed by atoms with E-state index in [1.807, 2.05) is 41.0 Å². The maximum atomic E-state index is 13.9. The molecule has 1 saturated heterocycles. The first kappa shape index (κ1) is 23.9. The Bertz CT molecular complexity index is 1480. The molecule has 2 aliphatic rings. The summed E-state index contributed by atoms with van der Waals surface area (Å²) in [5.41, 5.74) is 7.43. The lowest BCUT2D eigenvalue weighted by Gasteiger charge is -2.39. The molecule has 0 spiro atoms. The van der Waals surface area contributed by atoms with Crippen LogP contribution in [0.4, 0.5) is 4.79 Å². The Morgan fingerprint density at radius 3 is 2.81 bits per heavy atom. The summed E-state index contributed by atoms with van der Waals surface area (Å²) in [5.74, 6) is 1.80. The maximum absolute atomic E-state index is 13.9. The first-order valence-electron chi connectivity index (χ1n) is 13.0. The number of likely N-dealkylation sites (tertiary alicyclic amines) is 1. The lowest BCUT2D eigenvalue weighted by Crippen LogP contribution is -2.47. The summed E-state index contributed by atoms with van der Waals surface area (Å²) in [7, 11) is 0. The van der Waals surface area contributed by atoms with Crippen molar-refractivity contribution in [3.05, 3.63) is 82.1 Å². The zero-order valence-corrected chi connectivity index (χ0v) is 22.0. The highest BCUT2D eigenvalue weighted by molar-refractivity contribution is 6.30. The van der Waals surface area contributed by atoms with Crippen molar-refractivity contribution in [3.8, 4) is 16.9 Å². The summed E-state index contributed by atoms with van der Waals surface area (Å²) in [6, 6.07) is 18.7. The van der Waals surface area contributed by atoms with E-state index in [1.165, 1.54) is 0 Å². The molecule has 4 aromatic rings. The third-order valence-electron chi connectivity index (χ3n) is 7.51. The third kappa shape index (κ3) is 4.66. The molecule has 37 heavy (non-hydrogen) atoms. The van der Waals surface area contributed by atoms with Crippen LogP contribution in [0, 0.1) is 13.8 Å². The molecule has 0 bridgehead atoms. The standard InChI is InChI=1S/C30H31ClN4O2/c1-19-14-23(21-9-10-26-27(17-21)33-20(2)32-26)15-24-18-34(12-13-37-29(19)24)30(36)35-11-4-3-8-28(35)22-6-5-7-25(31)16-22/h5-7,9-10,14-17,28H,3-4,8,11-13,18H2,1-2H3,(H,32,33). The zero-order chi connectivity index (χ0) is 25.5. The van der Waals surface area contributed by atoms with Crippen molar-refractivity contribution in [1.29, 1.82) is 0 Å². The zero-order valence-electron chi connectivity index (χ0n) is 21.3. The molecule has 0 saturated carbocycles. The SMILES string of the molecule is Cc1nc2ccc(-c3cc(C)c4c(c3)CN(C(=O)N3CCCCC3c3cccc(Cl)c3)CCO4)cc2[nH]1. The van der Waals surface area contributed by atoms with Crippen molar-refractivity contribution < 1.29 is 9.53 Å². The number of aromatic amines is 1. The highest BCUT2D eigenvalue weighted by Gasteiger charge is 2.32. The van der Waals surface area contributed by atoms with Gasteiger partial charge in [0.15, 0.2) is 0 Å². The molecular formula is C30H31ClN4O2. The number of benzene rings is 3. The first-order valence-corrected chi connectivity index (χ1v) is 13.4. The van der Waals surface area contributed by atoms with Gasteiger partial charge in [0.1, 0.15) is 18.2 Å². The molecule has 1 unspecified atom stereocenters. The molecule has 0 radical (unpaired) electrons. The molecule has 3 aromatic carbocycles. The fourth-order valence-corrected chi connectivity index (χ4v) is 5.96. The second-order valence-electron chi connectivity index (χ2n) is 10.1. The van der Waals surface area contributed by atoms with E-state index in [4.69, 9.17) is 16.3 Å². The van der Waals surface area contributed by atoms with Crippen molar-refractivity contribution in [1.82, 2.24) is 19.8 Å². The van der Waals surface area contributed by atoms with Crippen molar-refractivity contribution >= 4 is 28.7 Å². The van der Waals surface area contributed by atoms with Crippen molar-refractivity contribution in [2.24, 2.45) is 0 Å². The topological polar surface area (TPSA) is 61.5 Å². The summed E-state index contributed by atoms with van der Waals surface area (Å²) in [6.07, 6.45) is 3.07. The smallest absolute Gasteiger partial charge is 0.320 e. The fraction of sp³-hybridized carbons (Fsp3) is 0.333. The number of urea groups is 1. The lowest BCUT2D eigenvalue weighted by atomic mass is 9.95. The number of nitrogens with one attached hydrogen (secondary N) is 1. The quantitative estimate of drug-likeness (QED) is 0.312. The van der Waals surface area contributed by atoms with Gasteiger partial charge in [-0.15, -0.1) is 0 Å². The highest BCUT2D eigenvalue weighted by Crippen LogP contribution is 2.36. The molecule has 1 N–H and O–H groups in total. The number of carbonyl (C=O) groups is 1. The number of carbonyl (C=O) groups excluding carboxylic acids is 1. The second kappa shape index (κ2) is 9.75. The summed E-state index contributed by atoms with van der Waals surface area (Å²) in [5, 5.41) is 0.707. The number of piperidine rings is 1. The Kier molecular flexibility index (Phi) is 6.29. The van der Waals surface area contributed by atoms with E-state index in [-0.39, 0.29) is 12.1 Å². The van der Waals surface area contributed by atoms with Gasteiger partial charge >= 0.3 is 6.03 Å². The van der Waals surface area contributed by atoms with E-state index in [0.717, 1.165) is 76.2 Å². The van der Waals surface area contributed by atoms with Gasteiger partial charge < -0.3 is 19.5 Å². The predicted molar refractivity (Wildman–Crippen MR) is 147 cm³/mol. The van der Waals surface area contributed by atoms with Gasteiger partial charge in [-0.05, 0) is 91.8 Å². The molecule has 6 rings (SSSR count). The van der Waals surface area contributed by atoms with Crippen LogP contribution in [0.1, 0.15) is 47.8 Å². The van der Waals surface area contributed by atoms with Crippen LogP contribution in [0.15, 0.2) is 54.6 Å². The fourth-order valence-electron chi connectivity index (χ4n) is 5.76. The summed E-state index contributed by atoms with van der Waals surface area (Å²) in [4.78, 5) is 25.8. The number of imidazole rings is 1. The lowest BCUT2D eigenvalue weighted by molar-refractivity contribution is 0.110. The summed E-state index contributed by atoms with van der Waals surface area (Å²) < 4.78 is 6.19. The van der Waals surface area contributed by atoms with Crippen molar-refractivity contribution in [3.63, 3.8) is 0 Å². The Morgan fingerprint density at radius 1 is 1.05 bits per heavy atom. The van der Waals surface area contributed by atoms with Crippen LogP contribution in [0.2, 0.25) is 5.02 Å². The van der Waals surface area contributed by atoms with Crippen LogP contribution in [0.3, 0.4) is 0 Å². The van der Waals surface area contributed by atoms with Gasteiger partial charge in [0.2, 0.25) is 0 Å². The van der Waals surface area contributed by atoms with Gasteiger partial charge in [-0.1, -0.05) is 29.8 Å². The number of aryl methyl sites for hydroxylation is 2. The van der Waals surface area contributed by atoms with E-state index in [1.54, 1.807) is 0 Å². The van der Waals surface area contributed by atoms with Crippen molar-refractivity contribution in [2.75, 3.05) is 19.7 Å². The first-order chi connectivity index (χ1) is 18.0. The molecular weight excluding hydrogens is 484 g/mol. The minimum Gasteiger partial charge on any atom is -0.491 e. The molecule has 6 nitrogen and oxygen atoms in total. The van der Waals surface area contributed by atoms with Gasteiger partial charge in [0.05, 0.1) is 30.2 Å². The largest absolute Gasteiger partial charge is 0.491 e. The molecule has 190 valence electrons. The summed E-state index contributed by atoms with van der Waals surface area (Å²) in [6.45, 7) is 6.36. The number of halogens is 1. The van der Waals surface area contributed by atoms with Crippen LogP contribution < -0.4 is 4.74 Å².